The van der Waals surface area contributed by atoms with E-state index in [2.05, 4.69) is 4.98 Å². The Morgan fingerprint density at radius 2 is 2.16 bits per heavy atom. The second kappa shape index (κ2) is 5.59. The minimum Gasteiger partial charge on any atom is -0.465 e. The lowest BCUT2D eigenvalue weighted by molar-refractivity contribution is -0.143. The Kier molecular flexibility index (Phi) is 4.07. The van der Waals surface area contributed by atoms with Crippen molar-refractivity contribution >= 4 is 40.2 Å². The van der Waals surface area contributed by atoms with Crippen LogP contribution in [0.5, 0.6) is 0 Å². The fourth-order valence-corrected chi connectivity index (χ4v) is 2.30. The highest BCUT2D eigenvalue weighted by Crippen LogP contribution is 2.25. The number of aromatic nitrogens is 2. The van der Waals surface area contributed by atoms with Gasteiger partial charge in [0.25, 0.3) is 5.56 Å². The molecule has 0 aliphatic carbocycles. The number of hydrogen-bond acceptors (Lipinski definition) is 4. The molecule has 0 radical (unpaired) electrons. The van der Waals surface area contributed by atoms with E-state index in [-0.39, 0.29) is 18.2 Å². The molecule has 0 aliphatic heterocycles. The number of fused-ring (bicyclic) bond motifs is 1. The van der Waals surface area contributed by atoms with Crippen LogP contribution in [0.4, 0.5) is 0 Å². The lowest BCUT2D eigenvalue weighted by Crippen LogP contribution is -2.26. The molecule has 2 aromatic rings. The number of carbonyl (C=O) groups excluding carboxylic acids is 1. The molecule has 0 fully saturated rings. The average molecular weight is 301 g/mol. The van der Waals surface area contributed by atoms with Crippen LogP contribution in [0, 0.1) is 0 Å². The van der Waals surface area contributed by atoms with Crippen LogP contribution in [0.2, 0.25) is 10.0 Å². The largest absolute Gasteiger partial charge is 0.465 e. The molecular formula is C12H10Cl2N2O3. The summed E-state index contributed by atoms with van der Waals surface area (Å²) in [5, 5.41) is 0.670. The van der Waals surface area contributed by atoms with E-state index in [1.807, 2.05) is 0 Å². The highest BCUT2D eigenvalue weighted by molar-refractivity contribution is 6.38. The van der Waals surface area contributed by atoms with E-state index < -0.39 is 11.5 Å². The van der Waals surface area contributed by atoms with Crippen molar-refractivity contribution in [1.29, 1.82) is 0 Å². The monoisotopic (exact) mass is 300 g/mol. The predicted molar refractivity (Wildman–Crippen MR) is 72.7 cm³/mol. The molecule has 0 unspecified atom stereocenters. The first-order valence-corrected chi connectivity index (χ1v) is 6.28. The molecule has 19 heavy (non-hydrogen) atoms. The van der Waals surface area contributed by atoms with Crippen LogP contribution in [0.3, 0.4) is 0 Å². The normalized spacial score (nSPS) is 10.7. The minimum atomic E-state index is -0.511. The molecule has 0 saturated heterocycles. The third-order valence-electron chi connectivity index (χ3n) is 2.45. The summed E-state index contributed by atoms with van der Waals surface area (Å²) in [6.07, 6.45) is 1.12. The Morgan fingerprint density at radius 3 is 2.84 bits per heavy atom. The number of carbonyl (C=O) groups is 1. The van der Waals surface area contributed by atoms with Gasteiger partial charge in [-0.2, -0.15) is 0 Å². The molecule has 0 atom stereocenters. The SMILES string of the molecule is CCOC(=O)Cn1c(=O)cnc2cc(Cl)cc(Cl)c21. The van der Waals surface area contributed by atoms with Crippen LogP contribution in [-0.4, -0.2) is 22.1 Å². The number of hydrogen-bond donors (Lipinski definition) is 0. The maximum absolute atomic E-state index is 11.8. The summed E-state index contributed by atoms with van der Waals surface area (Å²) < 4.78 is 6.05. The van der Waals surface area contributed by atoms with Crippen LogP contribution in [0.1, 0.15) is 6.92 Å². The number of nitrogens with zero attached hydrogens (tertiary/aromatic N) is 2. The van der Waals surface area contributed by atoms with Gasteiger partial charge in [0.15, 0.2) is 0 Å². The second-order valence-corrected chi connectivity index (χ2v) is 4.59. The molecule has 2 rings (SSSR count). The van der Waals surface area contributed by atoms with Crippen molar-refractivity contribution in [2.45, 2.75) is 13.5 Å². The van der Waals surface area contributed by atoms with Crippen LogP contribution in [-0.2, 0) is 16.1 Å². The van der Waals surface area contributed by atoms with Gasteiger partial charge in [-0.25, -0.2) is 4.98 Å². The second-order valence-electron chi connectivity index (χ2n) is 3.74. The Morgan fingerprint density at radius 1 is 1.42 bits per heavy atom. The third-order valence-corrected chi connectivity index (χ3v) is 2.96. The molecule has 7 heteroatoms. The van der Waals surface area contributed by atoms with Gasteiger partial charge in [-0.1, -0.05) is 23.2 Å². The third kappa shape index (κ3) is 2.88. The molecule has 1 heterocycles. The summed E-state index contributed by atoms with van der Waals surface area (Å²) in [6.45, 7) is 1.72. The number of ether oxygens (including phenoxy) is 1. The average Bonchev–Trinajstić information content (AvgIpc) is 2.32. The van der Waals surface area contributed by atoms with Gasteiger partial charge in [-0.15, -0.1) is 0 Å². The molecule has 0 amide bonds. The molecule has 0 saturated carbocycles. The van der Waals surface area contributed by atoms with Crippen molar-refractivity contribution in [3.63, 3.8) is 0 Å². The number of halogens is 2. The van der Waals surface area contributed by atoms with E-state index in [4.69, 9.17) is 27.9 Å². The van der Waals surface area contributed by atoms with Crippen molar-refractivity contribution < 1.29 is 9.53 Å². The molecule has 0 bridgehead atoms. The van der Waals surface area contributed by atoms with Gasteiger partial charge in [0.1, 0.15) is 6.54 Å². The molecule has 0 N–H and O–H groups in total. The van der Waals surface area contributed by atoms with Gasteiger partial charge in [-0.3, -0.25) is 14.2 Å². The maximum atomic E-state index is 11.8. The summed E-state index contributed by atoms with van der Waals surface area (Å²) in [6, 6.07) is 3.07. The van der Waals surface area contributed by atoms with Gasteiger partial charge in [-0.05, 0) is 19.1 Å². The van der Waals surface area contributed by atoms with Gasteiger partial charge in [0.05, 0.1) is 28.9 Å². The molecule has 1 aromatic heterocycles. The molecule has 5 nitrogen and oxygen atoms in total. The Bertz CT molecular complexity index is 697. The van der Waals surface area contributed by atoms with Crippen molar-refractivity contribution in [2.24, 2.45) is 0 Å². The summed E-state index contributed by atoms with van der Waals surface area (Å²) in [5.74, 6) is -0.511. The van der Waals surface area contributed by atoms with Crippen molar-refractivity contribution in [3.05, 3.63) is 38.7 Å². The number of rotatable bonds is 3. The molecule has 100 valence electrons. The smallest absolute Gasteiger partial charge is 0.326 e. The van der Waals surface area contributed by atoms with Crippen LogP contribution < -0.4 is 5.56 Å². The van der Waals surface area contributed by atoms with Gasteiger partial charge < -0.3 is 4.74 Å². The lowest BCUT2D eigenvalue weighted by Gasteiger charge is -2.10. The number of benzene rings is 1. The lowest BCUT2D eigenvalue weighted by atomic mass is 10.3. The fourth-order valence-electron chi connectivity index (χ4n) is 1.72. The van der Waals surface area contributed by atoms with Gasteiger partial charge in [0.2, 0.25) is 0 Å². The van der Waals surface area contributed by atoms with Crippen molar-refractivity contribution in [3.8, 4) is 0 Å². The van der Waals surface area contributed by atoms with Crippen LogP contribution >= 0.6 is 23.2 Å². The van der Waals surface area contributed by atoms with E-state index in [1.165, 1.54) is 10.6 Å². The van der Waals surface area contributed by atoms with Gasteiger partial charge in [0, 0.05) is 5.02 Å². The minimum absolute atomic E-state index is 0.215. The zero-order valence-corrected chi connectivity index (χ0v) is 11.5. The molecule has 1 aromatic carbocycles. The van der Waals surface area contributed by atoms with Gasteiger partial charge >= 0.3 is 5.97 Å². The zero-order chi connectivity index (χ0) is 14.0. The highest BCUT2D eigenvalue weighted by Gasteiger charge is 2.13. The highest BCUT2D eigenvalue weighted by atomic mass is 35.5. The summed E-state index contributed by atoms with van der Waals surface area (Å²) in [7, 11) is 0. The first-order valence-electron chi connectivity index (χ1n) is 5.53. The van der Waals surface area contributed by atoms with E-state index in [0.717, 1.165) is 6.20 Å². The van der Waals surface area contributed by atoms with Crippen molar-refractivity contribution in [2.75, 3.05) is 6.61 Å². The zero-order valence-electron chi connectivity index (χ0n) is 10.0. The van der Waals surface area contributed by atoms with E-state index in [0.29, 0.717) is 16.1 Å². The Labute approximate surface area is 118 Å². The summed E-state index contributed by atoms with van der Waals surface area (Å²) >= 11 is 11.9. The van der Waals surface area contributed by atoms with E-state index in [9.17, 15) is 9.59 Å². The standard InChI is InChI=1S/C12H10Cl2N2O3/c1-2-19-11(18)6-16-10(17)5-15-9-4-7(13)3-8(14)12(9)16/h3-5H,2,6H2,1H3. The first kappa shape index (κ1) is 13.8. The summed E-state index contributed by atoms with van der Waals surface area (Å²) in [4.78, 5) is 27.3. The topological polar surface area (TPSA) is 61.2 Å². The first-order chi connectivity index (χ1) is 9.02. The molecule has 0 aliphatic rings. The van der Waals surface area contributed by atoms with Crippen LogP contribution in [0.25, 0.3) is 11.0 Å². The molecule has 0 spiro atoms. The van der Waals surface area contributed by atoms with Crippen LogP contribution in [0.15, 0.2) is 23.1 Å². The van der Waals surface area contributed by atoms with E-state index in [1.54, 1.807) is 13.0 Å². The number of esters is 1. The Hall–Kier alpha value is -1.59. The molecular weight excluding hydrogens is 291 g/mol. The Balaban J connectivity index is 2.62. The summed E-state index contributed by atoms with van der Waals surface area (Å²) in [5.41, 5.74) is 0.387. The van der Waals surface area contributed by atoms with Crippen molar-refractivity contribution in [1.82, 2.24) is 9.55 Å². The van der Waals surface area contributed by atoms with E-state index >= 15 is 0 Å². The maximum Gasteiger partial charge on any atom is 0.326 e. The quantitative estimate of drug-likeness (QED) is 0.816. The predicted octanol–water partition coefficient (Wildman–Crippen LogP) is 2.27. The fraction of sp³-hybridized carbons (Fsp3) is 0.250.